The number of allylic oxidation sites excluding steroid dienone is 1. The van der Waals surface area contributed by atoms with Gasteiger partial charge in [0.25, 0.3) is 0 Å². The third-order valence-electron chi connectivity index (χ3n) is 1.77. The average molecular weight is 345 g/mol. The first-order valence-electron chi connectivity index (χ1n) is 6.27. The second-order valence-electron chi connectivity index (χ2n) is 4.44. The molecule has 0 aliphatic carbocycles. The van der Waals surface area contributed by atoms with E-state index in [9.17, 15) is 4.79 Å². The summed E-state index contributed by atoms with van der Waals surface area (Å²) in [7, 11) is 1.50. The minimum Gasteiger partial charge on any atom is -0.403 e. The normalized spacial score (nSPS) is 7.85. The standard InChI is InChI=1S/C9H11Br.C3H7N.C3H6O.CH5N/c1-6-4-8(3)9(10)5-7(6)2;2*1-3(2)4;1-2/h4-5H,1-3H3;1,4H2,2H3;1-2H3;2H2,1H3. The van der Waals surface area contributed by atoms with Gasteiger partial charge >= 0.3 is 0 Å². The topological polar surface area (TPSA) is 69.1 Å². The van der Waals surface area contributed by atoms with Gasteiger partial charge in [0, 0.05) is 4.47 Å². The van der Waals surface area contributed by atoms with Crippen LogP contribution >= 0.6 is 15.9 Å². The van der Waals surface area contributed by atoms with Crippen molar-refractivity contribution in [3.63, 3.8) is 0 Å². The number of hydrogen-bond acceptors (Lipinski definition) is 3. The van der Waals surface area contributed by atoms with Gasteiger partial charge in [0.1, 0.15) is 5.78 Å². The van der Waals surface area contributed by atoms with Crippen LogP contribution in [0.1, 0.15) is 37.5 Å². The molecule has 0 unspecified atom stereocenters. The minimum absolute atomic E-state index is 0.167. The fourth-order valence-electron chi connectivity index (χ4n) is 0.925. The lowest BCUT2D eigenvalue weighted by Gasteiger charge is -2.02. The van der Waals surface area contributed by atoms with Gasteiger partial charge in [-0.25, -0.2) is 0 Å². The van der Waals surface area contributed by atoms with E-state index < -0.39 is 0 Å². The Kier molecular flexibility index (Phi) is 17.1. The number of ketones is 1. The molecular formula is C16H29BrN2O. The molecule has 116 valence electrons. The molecule has 1 aromatic carbocycles. The van der Waals surface area contributed by atoms with E-state index in [0.29, 0.717) is 5.70 Å². The fourth-order valence-corrected chi connectivity index (χ4v) is 1.38. The lowest BCUT2D eigenvalue weighted by Crippen LogP contribution is -1.83. The molecule has 0 spiro atoms. The molecule has 0 radical (unpaired) electrons. The summed E-state index contributed by atoms with van der Waals surface area (Å²) in [4.78, 5) is 9.44. The maximum absolute atomic E-state index is 9.44. The van der Waals surface area contributed by atoms with Gasteiger partial charge < -0.3 is 16.3 Å². The number of benzene rings is 1. The molecule has 4 heteroatoms. The molecule has 3 nitrogen and oxygen atoms in total. The molecule has 0 amide bonds. The van der Waals surface area contributed by atoms with Gasteiger partial charge in [-0.05, 0) is 77.0 Å². The molecule has 0 aliphatic rings. The first kappa shape index (κ1) is 23.9. The monoisotopic (exact) mass is 344 g/mol. The first-order valence-corrected chi connectivity index (χ1v) is 7.06. The molecule has 1 aromatic rings. The number of nitrogens with two attached hydrogens (primary N) is 2. The van der Waals surface area contributed by atoms with Gasteiger partial charge in [0.2, 0.25) is 0 Å². The molecule has 0 heterocycles. The zero-order valence-electron chi connectivity index (χ0n) is 13.8. The highest BCUT2D eigenvalue weighted by Gasteiger charge is 1.96. The van der Waals surface area contributed by atoms with Gasteiger partial charge in [-0.3, -0.25) is 0 Å². The maximum Gasteiger partial charge on any atom is 0.126 e. The van der Waals surface area contributed by atoms with Crippen LogP contribution in [0.4, 0.5) is 0 Å². The van der Waals surface area contributed by atoms with Gasteiger partial charge in [-0.1, -0.05) is 28.6 Å². The highest BCUT2D eigenvalue weighted by atomic mass is 79.9. The third kappa shape index (κ3) is 19.2. The number of halogens is 1. The fraction of sp³-hybridized carbons (Fsp3) is 0.438. The van der Waals surface area contributed by atoms with Crippen LogP contribution in [0.15, 0.2) is 28.9 Å². The number of rotatable bonds is 0. The van der Waals surface area contributed by atoms with Crippen LogP contribution in [0.5, 0.6) is 0 Å². The summed E-state index contributed by atoms with van der Waals surface area (Å²) in [5.74, 6) is 0.167. The van der Waals surface area contributed by atoms with Crippen molar-refractivity contribution >= 4 is 21.7 Å². The molecule has 0 saturated carbocycles. The van der Waals surface area contributed by atoms with Gasteiger partial charge in [0.05, 0.1) is 0 Å². The molecule has 0 aromatic heterocycles. The number of aryl methyl sites for hydroxylation is 3. The maximum atomic E-state index is 9.44. The Morgan fingerprint density at radius 2 is 1.25 bits per heavy atom. The highest BCUT2D eigenvalue weighted by molar-refractivity contribution is 9.10. The molecule has 0 bridgehead atoms. The molecule has 1 rings (SSSR count). The number of Topliss-reactive ketones (excluding diaryl/α,β-unsaturated/α-hetero) is 1. The van der Waals surface area contributed by atoms with Crippen LogP contribution in [0, 0.1) is 20.8 Å². The van der Waals surface area contributed by atoms with E-state index in [1.165, 1.54) is 42.1 Å². The average Bonchev–Trinajstić information content (AvgIpc) is 2.28. The van der Waals surface area contributed by atoms with Gasteiger partial charge in [0.15, 0.2) is 0 Å². The SMILES string of the molecule is C=C(C)N.CC(C)=O.CN.Cc1cc(C)c(Br)cc1C. The summed E-state index contributed by atoms with van der Waals surface area (Å²) in [6, 6.07) is 4.35. The Bertz CT molecular complexity index is 345. The first-order chi connectivity index (χ1) is 9.07. The summed E-state index contributed by atoms with van der Waals surface area (Å²) in [6.07, 6.45) is 0. The summed E-state index contributed by atoms with van der Waals surface area (Å²) in [6.45, 7) is 14.5. The third-order valence-corrected chi connectivity index (χ3v) is 2.63. The number of carbonyl (C=O) groups is 1. The van der Waals surface area contributed by atoms with Crippen molar-refractivity contribution in [3.05, 3.63) is 45.6 Å². The molecule has 20 heavy (non-hydrogen) atoms. The van der Waals surface area contributed by atoms with Crippen molar-refractivity contribution in [2.75, 3.05) is 7.05 Å². The van der Waals surface area contributed by atoms with E-state index in [2.05, 4.69) is 61.1 Å². The van der Waals surface area contributed by atoms with E-state index in [1.54, 1.807) is 6.92 Å². The van der Waals surface area contributed by atoms with Crippen LogP contribution in [0.3, 0.4) is 0 Å². The second-order valence-corrected chi connectivity index (χ2v) is 5.29. The van der Waals surface area contributed by atoms with E-state index in [-0.39, 0.29) is 5.78 Å². The minimum atomic E-state index is 0.167. The Hall–Kier alpha value is -1.13. The van der Waals surface area contributed by atoms with Crippen molar-refractivity contribution in [3.8, 4) is 0 Å². The van der Waals surface area contributed by atoms with Crippen LogP contribution in [0.25, 0.3) is 0 Å². The van der Waals surface area contributed by atoms with Crippen LogP contribution in [0.2, 0.25) is 0 Å². The Labute approximate surface area is 132 Å². The Balaban J connectivity index is -0.000000243. The summed E-state index contributed by atoms with van der Waals surface area (Å²) >= 11 is 3.48. The Morgan fingerprint density at radius 3 is 1.50 bits per heavy atom. The van der Waals surface area contributed by atoms with E-state index >= 15 is 0 Å². The summed E-state index contributed by atoms with van der Waals surface area (Å²) < 4.78 is 1.20. The molecule has 0 fully saturated rings. The van der Waals surface area contributed by atoms with Crippen LogP contribution in [-0.2, 0) is 4.79 Å². The molecule has 0 aliphatic heterocycles. The van der Waals surface area contributed by atoms with Crippen LogP contribution < -0.4 is 11.5 Å². The zero-order valence-corrected chi connectivity index (χ0v) is 15.4. The predicted molar refractivity (Wildman–Crippen MR) is 93.8 cm³/mol. The molecule has 4 N–H and O–H groups in total. The van der Waals surface area contributed by atoms with E-state index in [4.69, 9.17) is 5.73 Å². The number of hydrogen-bond donors (Lipinski definition) is 2. The van der Waals surface area contributed by atoms with E-state index in [1.807, 2.05) is 0 Å². The summed E-state index contributed by atoms with van der Waals surface area (Å²) in [5.41, 5.74) is 14.1. The second kappa shape index (κ2) is 14.3. The van der Waals surface area contributed by atoms with Crippen molar-refractivity contribution < 1.29 is 4.79 Å². The van der Waals surface area contributed by atoms with Crippen LogP contribution in [-0.4, -0.2) is 12.8 Å². The smallest absolute Gasteiger partial charge is 0.126 e. The summed E-state index contributed by atoms with van der Waals surface area (Å²) in [5, 5.41) is 0. The molecule has 0 saturated heterocycles. The molecular weight excluding hydrogens is 316 g/mol. The molecule has 0 atom stereocenters. The predicted octanol–water partition coefficient (Wildman–Crippen LogP) is 4.02. The lowest BCUT2D eigenvalue weighted by atomic mass is 10.1. The van der Waals surface area contributed by atoms with Crippen molar-refractivity contribution in [2.45, 2.75) is 41.5 Å². The quantitative estimate of drug-likeness (QED) is 0.746. The van der Waals surface area contributed by atoms with Crippen molar-refractivity contribution in [1.29, 1.82) is 0 Å². The van der Waals surface area contributed by atoms with Gasteiger partial charge in [-0.15, -0.1) is 0 Å². The Morgan fingerprint density at radius 1 is 1.00 bits per heavy atom. The van der Waals surface area contributed by atoms with Gasteiger partial charge in [-0.2, -0.15) is 0 Å². The van der Waals surface area contributed by atoms with E-state index in [0.717, 1.165) is 0 Å². The highest BCUT2D eigenvalue weighted by Crippen LogP contribution is 2.19. The largest absolute Gasteiger partial charge is 0.403 e. The number of carbonyl (C=O) groups excluding carboxylic acids is 1. The van der Waals surface area contributed by atoms with Crippen molar-refractivity contribution in [1.82, 2.24) is 0 Å². The lowest BCUT2D eigenvalue weighted by molar-refractivity contribution is -0.114. The zero-order chi connectivity index (χ0) is 16.9. The van der Waals surface area contributed by atoms with Crippen molar-refractivity contribution in [2.24, 2.45) is 11.5 Å².